The topological polar surface area (TPSA) is 80.4 Å². The molecule has 1 aromatic rings. The third kappa shape index (κ3) is 5.06. The number of quaternary nitrogens is 1. The number of amides is 1. The predicted octanol–water partition coefficient (Wildman–Crippen LogP) is 0.666. The Morgan fingerprint density at radius 2 is 1.84 bits per heavy atom. The number of rotatable bonds is 9. The van der Waals surface area contributed by atoms with Gasteiger partial charge in [-0.1, -0.05) is 0 Å². The summed E-state index contributed by atoms with van der Waals surface area (Å²) in [6.45, 7) is 7.59. The molecule has 0 unspecified atom stereocenters. The maximum atomic E-state index is 12.8. The van der Waals surface area contributed by atoms with Gasteiger partial charge in [0.05, 0.1) is 43.8 Å². The fourth-order valence-electron chi connectivity index (χ4n) is 2.63. The zero-order valence-electron chi connectivity index (χ0n) is 16.0. The van der Waals surface area contributed by atoms with Crippen molar-refractivity contribution >= 4 is 17.3 Å². The normalized spacial score (nSPS) is 10.7. The number of hydrogen-bond donors (Lipinski definition) is 1. The van der Waals surface area contributed by atoms with E-state index in [1.54, 1.807) is 30.9 Å². The number of nitro benzene ring substituents is 1. The smallest absolute Gasteiger partial charge is 0.293 e. The second-order valence-corrected chi connectivity index (χ2v) is 6.13. The van der Waals surface area contributed by atoms with Gasteiger partial charge < -0.3 is 19.4 Å². The number of anilines is 1. The summed E-state index contributed by atoms with van der Waals surface area (Å²) in [7, 11) is 6.58. The standard InChI is InChI=1S/C17H28N4O4/c1-7-20(8-2)10-9-19(5)17(22)13-11-15(21(23)24)14(18(3)4)12-16(13)25-6/h11-12H,7-10H2,1-6H3/p+1. The molecule has 1 amide bonds. The highest BCUT2D eigenvalue weighted by molar-refractivity contribution is 5.98. The van der Waals surface area contributed by atoms with E-state index in [-0.39, 0.29) is 17.2 Å². The Bertz CT molecular complexity index is 615. The lowest BCUT2D eigenvalue weighted by Crippen LogP contribution is -3.12. The minimum Gasteiger partial charge on any atom is -0.496 e. The highest BCUT2D eigenvalue weighted by Crippen LogP contribution is 2.34. The van der Waals surface area contributed by atoms with Crippen molar-refractivity contribution in [2.24, 2.45) is 0 Å². The van der Waals surface area contributed by atoms with Gasteiger partial charge in [-0.3, -0.25) is 14.9 Å². The second-order valence-electron chi connectivity index (χ2n) is 6.13. The molecule has 8 nitrogen and oxygen atoms in total. The van der Waals surface area contributed by atoms with Crippen molar-refractivity contribution in [3.8, 4) is 5.75 Å². The van der Waals surface area contributed by atoms with Crippen LogP contribution >= 0.6 is 0 Å². The van der Waals surface area contributed by atoms with Gasteiger partial charge in [-0.15, -0.1) is 0 Å². The van der Waals surface area contributed by atoms with Crippen LogP contribution in [0.2, 0.25) is 0 Å². The van der Waals surface area contributed by atoms with Gasteiger partial charge in [0.1, 0.15) is 11.4 Å². The molecule has 0 aliphatic rings. The molecule has 0 saturated carbocycles. The summed E-state index contributed by atoms with van der Waals surface area (Å²) in [5, 5.41) is 11.4. The SMILES string of the molecule is CC[NH+](CC)CCN(C)C(=O)c1cc([N+](=O)[O-])c(N(C)C)cc1OC. The summed E-state index contributed by atoms with van der Waals surface area (Å²) in [6.07, 6.45) is 0. The third-order valence-corrected chi connectivity index (χ3v) is 4.35. The van der Waals surface area contributed by atoms with E-state index in [2.05, 4.69) is 13.8 Å². The number of nitrogens with one attached hydrogen (secondary N) is 1. The van der Waals surface area contributed by atoms with Crippen LogP contribution < -0.4 is 14.5 Å². The molecule has 1 aromatic carbocycles. The van der Waals surface area contributed by atoms with Crippen LogP contribution in [-0.4, -0.2) is 70.2 Å². The molecule has 0 spiro atoms. The first kappa shape index (κ1) is 20.7. The zero-order valence-corrected chi connectivity index (χ0v) is 16.0. The van der Waals surface area contributed by atoms with Crippen molar-refractivity contribution in [3.63, 3.8) is 0 Å². The fraction of sp³-hybridized carbons (Fsp3) is 0.588. The Kier molecular flexibility index (Phi) is 7.63. The first-order valence-corrected chi connectivity index (χ1v) is 8.39. The number of methoxy groups -OCH3 is 1. The monoisotopic (exact) mass is 353 g/mol. The van der Waals surface area contributed by atoms with E-state index in [0.29, 0.717) is 18.0 Å². The highest BCUT2D eigenvalue weighted by atomic mass is 16.6. The van der Waals surface area contributed by atoms with Crippen LogP contribution in [0.25, 0.3) is 0 Å². The van der Waals surface area contributed by atoms with E-state index in [0.717, 1.165) is 19.6 Å². The van der Waals surface area contributed by atoms with E-state index in [9.17, 15) is 14.9 Å². The van der Waals surface area contributed by atoms with Crippen molar-refractivity contribution in [3.05, 3.63) is 27.8 Å². The Hall–Kier alpha value is -2.35. The molecule has 0 bridgehead atoms. The van der Waals surface area contributed by atoms with Crippen molar-refractivity contribution < 1.29 is 19.4 Å². The molecule has 25 heavy (non-hydrogen) atoms. The number of ether oxygens (including phenoxy) is 1. The van der Waals surface area contributed by atoms with Gasteiger partial charge in [0, 0.05) is 33.3 Å². The molecule has 0 atom stereocenters. The van der Waals surface area contributed by atoms with E-state index in [4.69, 9.17) is 4.74 Å². The molecule has 8 heteroatoms. The zero-order chi connectivity index (χ0) is 19.1. The highest BCUT2D eigenvalue weighted by Gasteiger charge is 2.25. The minimum absolute atomic E-state index is 0.114. The molecule has 140 valence electrons. The molecule has 1 N–H and O–H groups in total. The lowest BCUT2D eigenvalue weighted by Gasteiger charge is -2.22. The first-order valence-electron chi connectivity index (χ1n) is 8.39. The molecule has 0 saturated heterocycles. The summed E-state index contributed by atoms with van der Waals surface area (Å²) in [4.78, 5) is 28.3. The van der Waals surface area contributed by atoms with Gasteiger partial charge in [0.25, 0.3) is 11.6 Å². The number of nitrogens with zero attached hydrogens (tertiary/aromatic N) is 3. The van der Waals surface area contributed by atoms with Crippen LogP contribution in [0.3, 0.4) is 0 Å². The average molecular weight is 353 g/mol. The van der Waals surface area contributed by atoms with Crippen LogP contribution in [0.1, 0.15) is 24.2 Å². The van der Waals surface area contributed by atoms with Gasteiger partial charge in [0.15, 0.2) is 0 Å². The average Bonchev–Trinajstić information content (AvgIpc) is 2.60. The summed E-state index contributed by atoms with van der Waals surface area (Å²) in [6, 6.07) is 2.84. The predicted molar refractivity (Wildman–Crippen MR) is 97.8 cm³/mol. The van der Waals surface area contributed by atoms with E-state index >= 15 is 0 Å². The molecule has 0 heterocycles. The molecule has 0 fully saturated rings. The van der Waals surface area contributed by atoms with Crippen LogP contribution in [0, 0.1) is 10.1 Å². The largest absolute Gasteiger partial charge is 0.496 e. The molecule has 0 aromatic heterocycles. The van der Waals surface area contributed by atoms with Crippen LogP contribution in [0.15, 0.2) is 12.1 Å². The van der Waals surface area contributed by atoms with Gasteiger partial charge in [-0.2, -0.15) is 0 Å². The second kappa shape index (κ2) is 9.22. The van der Waals surface area contributed by atoms with Crippen LogP contribution in [0.4, 0.5) is 11.4 Å². The van der Waals surface area contributed by atoms with Gasteiger partial charge >= 0.3 is 0 Å². The van der Waals surface area contributed by atoms with Crippen molar-refractivity contribution in [2.45, 2.75) is 13.8 Å². The van der Waals surface area contributed by atoms with Gasteiger partial charge in [0.2, 0.25) is 0 Å². The number of nitro groups is 1. The Morgan fingerprint density at radius 3 is 2.28 bits per heavy atom. The molecule has 0 aliphatic heterocycles. The number of carbonyl (C=O) groups excluding carboxylic acids is 1. The molecular formula is C17H29N4O4+. The fourth-order valence-corrected chi connectivity index (χ4v) is 2.63. The summed E-state index contributed by atoms with van der Waals surface area (Å²) >= 11 is 0. The van der Waals surface area contributed by atoms with Crippen LogP contribution in [0.5, 0.6) is 5.75 Å². The number of carbonyl (C=O) groups is 1. The Morgan fingerprint density at radius 1 is 1.24 bits per heavy atom. The summed E-state index contributed by atoms with van der Waals surface area (Å²) in [5.74, 6) is 0.0538. The summed E-state index contributed by atoms with van der Waals surface area (Å²) in [5.41, 5.74) is 0.488. The Balaban J connectivity index is 3.15. The van der Waals surface area contributed by atoms with E-state index in [1.165, 1.54) is 24.1 Å². The molecule has 1 rings (SSSR count). The number of benzene rings is 1. The third-order valence-electron chi connectivity index (χ3n) is 4.35. The van der Waals surface area contributed by atoms with Gasteiger partial charge in [-0.05, 0) is 13.8 Å². The van der Waals surface area contributed by atoms with Crippen LogP contribution in [-0.2, 0) is 0 Å². The lowest BCUT2D eigenvalue weighted by atomic mass is 10.1. The first-order chi connectivity index (χ1) is 11.8. The number of hydrogen-bond acceptors (Lipinski definition) is 5. The van der Waals surface area contributed by atoms with Crippen molar-refractivity contribution in [2.75, 3.05) is 59.3 Å². The van der Waals surface area contributed by atoms with E-state index in [1.807, 2.05) is 0 Å². The summed E-state index contributed by atoms with van der Waals surface area (Å²) < 4.78 is 5.31. The molecule has 0 radical (unpaired) electrons. The quantitative estimate of drug-likeness (QED) is 0.521. The molecular weight excluding hydrogens is 324 g/mol. The van der Waals surface area contributed by atoms with Gasteiger partial charge in [-0.25, -0.2) is 0 Å². The van der Waals surface area contributed by atoms with Crippen molar-refractivity contribution in [1.29, 1.82) is 0 Å². The lowest BCUT2D eigenvalue weighted by molar-refractivity contribution is -0.895. The van der Waals surface area contributed by atoms with E-state index < -0.39 is 4.92 Å². The maximum absolute atomic E-state index is 12.8. The van der Waals surface area contributed by atoms with Crippen molar-refractivity contribution in [1.82, 2.24) is 4.90 Å². The Labute approximate surface area is 149 Å². The molecule has 0 aliphatic carbocycles. The minimum atomic E-state index is -0.481. The number of likely N-dealkylation sites (N-methyl/N-ethyl adjacent to an activating group) is 2. The maximum Gasteiger partial charge on any atom is 0.293 e.